The molecule has 1 aliphatic heterocycles. The summed E-state index contributed by atoms with van der Waals surface area (Å²) in [5.74, 6) is 1.16. The largest absolute Gasteiger partial charge is 0.427 e. The van der Waals surface area contributed by atoms with Crippen LogP contribution in [-0.4, -0.2) is 46.7 Å². The number of carbonyl (C=O) groups excluding carboxylic acids is 1. The molecule has 8 nitrogen and oxygen atoms in total. The van der Waals surface area contributed by atoms with Crippen LogP contribution in [0.4, 0.5) is 0 Å². The van der Waals surface area contributed by atoms with E-state index in [1.54, 1.807) is 13.1 Å². The number of thioether (sulfide) groups is 1. The number of nitrogens with one attached hydrogen (secondary N) is 3. The molecule has 0 unspecified atom stereocenters. The van der Waals surface area contributed by atoms with E-state index in [2.05, 4.69) is 26.0 Å². The van der Waals surface area contributed by atoms with E-state index in [-0.39, 0.29) is 23.9 Å². The highest BCUT2D eigenvalue weighted by Gasteiger charge is 2.22. The minimum atomic E-state index is -0.560. The molecular formula is C16H22ClN5O3S. The zero-order valence-corrected chi connectivity index (χ0v) is 16.0. The fourth-order valence-corrected chi connectivity index (χ4v) is 3.53. The van der Waals surface area contributed by atoms with Crippen LogP contribution in [0.25, 0.3) is 0 Å². The smallest absolute Gasteiger partial charge is 0.349 e. The molecule has 2 aromatic rings. The Morgan fingerprint density at radius 1 is 1.42 bits per heavy atom. The Kier molecular flexibility index (Phi) is 7.67. The lowest BCUT2D eigenvalue weighted by atomic mass is 9.94. The first-order chi connectivity index (χ1) is 12.1. The Bertz CT molecular complexity index is 775. The van der Waals surface area contributed by atoms with Crippen LogP contribution in [0.5, 0.6) is 0 Å². The van der Waals surface area contributed by atoms with Gasteiger partial charge in [0.25, 0.3) is 5.91 Å². The lowest BCUT2D eigenvalue weighted by Crippen LogP contribution is -2.32. The number of carbonyl (C=O) groups is 1. The van der Waals surface area contributed by atoms with Gasteiger partial charge in [0.2, 0.25) is 0 Å². The standard InChI is InChI=1S/C16H21N5O3S.ClH/c1-10-8-12(11-2-4-17-5-3-11)24-16(23)14(10)15(22)18-6-7-25-13-9-19-21-20-13;/h8-9,11,17H,2-7H2,1H3,(H,18,22)(H,19,20,21);1H. The maximum atomic E-state index is 12.3. The van der Waals surface area contributed by atoms with E-state index in [0.29, 0.717) is 23.6 Å². The Morgan fingerprint density at radius 3 is 2.85 bits per heavy atom. The topological polar surface area (TPSA) is 113 Å². The number of aryl methyl sites for hydroxylation is 1. The average Bonchev–Trinajstić information content (AvgIpc) is 3.12. The first kappa shape index (κ1) is 20.5. The van der Waals surface area contributed by atoms with Crippen molar-refractivity contribution in [2.75, 3.05) is 25.4 Å². The van der Waals surface area contributed by atoms with Crippen molar-refractivity contribution in [3.8, 4) is 0 Å². The van der Waals surface area contributed by atoms with Crippen molar-refractivity contribution in [1.29, 1.82) is 0 Å². The summed E-state index contributed by atoms with van der Waals surface area (Å²) in [6.07, 6.45) is 3.49. The van der Waals surface area contributed by atoms with Crippen LogP contribution in [-0.2, 0) is 0 Å². The van der Waals surface area contributed by atoms with E-state index < -0.39 is 11.5 Å². The van der Waals surface area contributed by atoms with Gasteiger partial charge < -0.3 is 15.1 Å². The Hall–Kier alpha value is -1.84. The van der Waals surface area contributed by atoms with Gasteiger partial charge in [0.15, 0.2) is 0 Å². The summed E-state index contributed by atoms with van der Waals surface area (Å²) in [4.78, 5) is 24.6. The van der Waals surface area contributed by atoms with E-state index in [0.717, 1.165) is 31.0 Å². The van der Waals surface area contributed by atoms with E-state index in [4.69, 9.17) is 4.42 Å². The highest BCUT2D eigenvalue weighted by atomic mass is 35.5. The van der Waals surface area contributed by atoms with E-state index >= 15 is 0 Å². The molecule has 0 atom stereocenters. The predicted octanol–water partition coefficient (Wildman–Crippen LogP) is 1.48. The van der Waals surface area contributed by atoms with Crippen LogP contribution in [0, 0.1) is 6.92 Å². The molecule has 0 bridgehead atoms. The van der Waals surface area contributed by atoms with Crippen LogP contribution in [0.2, 0.25) is 0 Å². The van der Waals surface area contributed by atoms with Crippen molar-refractivity contribution in [2.24, 2.45) is 0 Å². The molecule has 3 heterocycles. The number of aromatic nitrogens is 3. The van der Waals surface area contributed by atoms with Crippen molar-refractivity contribution in [1.82, 2.24) is 26.0 Å². The normalized spacial score (nSPS) is 14.7. The van der Waals surface area contributed by atoms with Gasteiger partial charge in [-0.05, 0) is 44.5 Å². The quantitative estimate of drug-likeness (QED) is 0.498. The number of halogens is 1. The Balaban J connectivity index is 0.00000243. The van der Waals surface area contributed by atoms with Gasteiger partial charge in [0, 0.05) is 18.2 Å². The van der Waals surface area contributed by atoms with E-state index in [9.17, 15) is 9.59 Å². The number of rotatable bonds is 6. The summed E-state index contributed by atoms with van der Waals surface area (Å²) < 4.78 is 5.44. The molecule has 0 spiro atoms. The number of amides is 1. The van der Waals surface area contributed by atoms with Gasteiger partial charge >= 0.3 is 5.63 Å². The zero-order chi connectivity index (χ0) is 17.6. The molecule has 0 aromatic carbocycles. The summed E-state index contributed by atoms with van der Waals surface area (Å²) in [5, 5.41) is 17.0. The molecule has 2 aromatic heterocycles. The molecule has 10 heteroatoms. The van der Waals surface area contributed by atoms with Crippen LogP contribution in [0.1, 0.15) is 40.4 Å². The Morgan fingerprint density at radius 2 is 2.19 bits per heavy atom. The summed E-state index contributed by atoms with van der Waals surface area (Å²) in [6.45, 7) is 4.03. The fourth-order valence-electron chi connectivity index (χ4n) is 2.88. The molecule has 1 fully saturated rings. The van der Waals surface area contributed by atoms with Crippen molar-refractivity contribution < 1.29 is 9.21 Å². The zero-order valence-electron chi connectivity index (χ0n) is 14.4. The van der Waals surface area contributed by atoms with Crippen molar-refractivity contribution in [2.45, 2.75) is 30.7 Å². The van der Waals surface area contributed by atoms with Gasteiger partial charge in [0.05, 0.1) is 6.20 Å². The Labute approximate surface area is 161 Å². The number of H-pyrrole nitrogens is 1. The number of nitrogens with zero attached hydrogens (tertiary/aromatic N) is 2. The fraction of sp³-hybridized carbons (Fsp3) is 0.500. The number of aromatic amines is 1. The third-order valence-corrected chi connectivity index (χ3v) is 5.07. The predicted molar refractivity (Wildman–Crippen MR) is 101 cm³/mol. The van der Waals surface area contributed by atoms with Gasteiger partial charge in [-0.1, -0.05) is 0 Å². The van der Waals surface area contributed by atoms with Crippen LogP contribution in [0.3, 0.4) is 0 Å². The second-order valence-corrected chi connectivity index (χ2v) is 7.05. The van der Waals surface area contributed by atoms with Gasteiger partial charge in [-0.2, -0.15) is 10.3 Å². The number of hydrogen-bond acceptors (Lipinski definition) is 7. The molecule has 142 valence electrons. The monoisotopic (exact) mass is 399 g/mol. The van der Waals surface area contributed by atoms with Crippen molar-refractivity contribution >= 4 is 30.1 Å². The molecule has 0 aliphatic carbocycles. The van der Waals surface area contributed by atoms with E-state index in [1.165, 1.54) is 11.8 Å². The first-order valence-corrected chi connectivity index (χ1v) is 9.26. The summed E-state index contributed by atoms with van der Waals surface area (Å²) >= 11 is 1.47. The molecule has 0 saturated carbocycles. The van der Waals surface area contributed by atoms with Crippen LogP contribution >= 0.6 is 24.2 Å². The minimum absolute atomic E-state index is 0. The second kappa shape index (κ2) is 9.75. The van der Waals surface area contributed by atoms with E-state index in [1.807, 2.05) is 6.07 Å². The average molecular weight is 400 g/mol. The highest BCUT2D eigenvalue weighted by Crippen LogP contribution is 2.25. The lowest BCUT2D eigenvalue weighted by molar-refractivity contribution is 0.0951. The van der Waals surface area contributed by atoms with Gasteiger partial charge in [-0.25, -0.2) is 4.79 Å². The van der Waals surface area contributed by atoms with Crippen molar-refractivity contribution in [3.05, 3.63) is 39.6 Å². The molecular weight excluding hydrogens is 378 g/mol. The van der Waals surface area contributed by atoms with Crippen molar-refractivity contribution in [3.63, 3.8) is 0 Å². The number of piperidine rings is 1. The molecule has 3 N–H and O–H groups in total. The minimum Gasteiger partial charge on any atom is -0.427 e. The summed E-state index contributed by atoms with van der Waals surface area (Å²) in [5.41, 5.74) is 0.186. The van der Waals surface area contributed by atoms with Gasteiger partial charge in [-0.15, -0.1) is 29.3 Å². The molecule has 26 heavy (non-hydrogen) atoms. The molecule has 1 amide bonds. The summed E-state index contributed by atoms with van der Waals surface area (Å²) in [6, 6.07) is 1.83. The summed E-state index contributed by atoms with van der Waals surface area (Å²) in [7, 11) is 0. The lowest BCUT2D eigenvalue weighted by Gasteiger charge is -2.21. The SMILES string of the molecule is Cc1cc(C2CCNCC2)oc(=O)c1C(=O)NCCSc1cn[nH]n1.Cl. The molecule has 0 radical (unpaired) electrons. The van der Waals surface area contributed by atoms with Gasteiger partial charge in [-0.3, -0.25) is 4.79 Å². The second-order valence-electron chi connectivity index (χ2n) is 5.93. The molecule has 3 rings (SSSR count). The highest BCUT2D eigenvalue weighted by molar-refractivity contribution is 7.99. The first-order valence-electron chi connectivity index (χ1n) is 8.27. The third kappa shape index (κ3) is 5.09. The molecule has 1 saturated heterocycles. The van der Waals surface area contributed by atoms with Gasteiger partial charge in [0.1, 0.15) is 16.3 Å². The maximum absolute atomic E-state index is 12.3. The third-order valence-electron chi connectivity index (χ3n) is 4.17. The maximum Gasteiger partial charge on any atom is 0.349 e. The number of hydrogen-bond donors (Lipinski definition) is 3. The van der Waals surface area contributed by atoms with Crippen LogP contribution < -0.4 is 16.3 Å². The van der Waals surface area contributed by atoms with Crippen LogP contribution in [0.15, 0.2) is 26.5 Å². The molecule has 1 aliphatic rings.